The molecule has 1 aromatic carbocycles. The lowest BCUT2D eigenvalue weighted by Crippen LogP contribution is -2.43. The van der Waals surface area contributed by atoms with Gasteiger partial charge >= 0.3 is 5.97 Å². The first-order valence-corrected chi connectivity index (χ1v) is 5.77. The van der Waals surface area contributed by atoms with Crippen molar-refractivity contribution in [1.82, 2.24) is 5.32 Å². The Hall–Kier alpha value is -2.41. The molecule has 0 radical (unpaired) electrons. The number of carbonyl (C=O) groups excluding carboxylic acids is 1. The molecule has 6 nitrogen and oxygen atoms in total. The van der Waals surface area contributed by atoms with Crippen LogP contribution in [0.3, 0.4) is 0 Å². The molecule has 0 saturated carbocycles. The number of hydrogen-bond acceptors (Lipinski definition) is 4. The number of halogens is 1. The normalized spacial score (nSPS) is 12.3. The van der Waals surface area contributed by atoms with E-state index in [-0.39, 0.29) is 5.76 Å². The van der Waals surface area contributed by atoms with Crippen LogP contribution in [0.4, 0.5) is 4.39 Å². The Balaban J connectivity index is 2.35. The lowest BCUT2D eigenvalue weighted by atomic mass is 10.1. The second-order valence-corrected chi connectivity index (χ2v) is 4.24. The molecule has 1 aromatic heterocycles. The summed E-state index contributed by atoms with van der Waals surface area (Å²) in [6, 6.07) is 2.38. The van der Waals surface area contributed by atoms with Crippen molar-refractivity contribution < 1.29 is 28.6 Å². The van der Waals surface area contributed by atoms with E-state index < -0.39 is 30.3 Å². The zero-order valence-corrected chi connectivity index (χ0v) is 10.5. The molecule has 2 aromatic rings. The van der Waals surface area contributed by atoms with Crippen LogP contribution in [0, 0.1) is 12.7 Å². The van der Waals surface area contributed by atoms with E-state index in [2.05, 4.69) is 5.32 Å². The van der Waals surface area contributed by atoms with Gasteiger partial charge in [-0.2, -0.15) is 0 Å². The van der Waals surface area contributed by atoms with Gasteiger partial charge in [0.15, 0.2) is 11.8 Å². The zero-order valence-electron chi connectivity index (χ0n) is 10.5. The van der Waals surface area contributed by atoms with E-state index in [0.29, 0.717) is 16.5 Å². The fourth-order valence-corrected chi connectivity index (χ4v) is 1.82. The number of aliphatic carboxylic acids is 1. The molecule has 0 aliphatic heterocycles. The third-order valence-corrected chi connectivity index (χ3v) is 2.89. The first-order chi connectivity index (χ1) is 9.43. The van der Waals surface area contributed by atoms with Gasteiger partial charge in [0.05, 0.1) is 6.61 Å². The topological polar surface area (TPSA) is 99.8 Å². The summed E-state index contributed by atoms with van der Waals surface area (Å²) in [5, 5.41) is 20.2. The minimum Gasteiger partial charge on any atom is -0.480 e. The van der Waals surface area contributed by atoms with Gasteiger partial charge in [0.2, 0.25) is 0 Å². The van der Waals surface area contributed by atoms with Gasteiger partial charge in [-0.1, -0.05) is 0 Å². The number of amides is 1. The molecule has 2 rings (SSSR count). The van der Waals surface area contributed by atoms with Crippen molar-refractivity contribution in [3.8, 4) is 0 Å². The number of benzene rings is 1. The van der Waals surface area contributed by atoms with Gasteiger partial charge in [-0.05, 0) is 25.1 Å². The van der Waals surface area contributed by atoms with Crippen molar-refractivity contribution in [3.05, 3.63) is 35.3 Å². The summed E-state index contributed by atoms with van der Waals surface area (Å²) >= 11 is 0. The molecule has 0 bridgehead atoms. The highest BCUT2D eigenvalue weighted by Crippen LogP contribution is 2.25. The number of aryl methyl sites for hydroxylation is 1. The lowest BCUT2D eigenvalue weighted by molar-refractivity contribution is -0.140. The number of hydrogen-bond donors (Lipinski definition) is 3. The molecule has 1 atom stereocenters. The van der Waals surface area contributed by atoms with Crippen molar-refractivity contribution >= 4 is 22.8 Å². The first-order valence-electron chi connectivity index (χ1n) is 5.77. The van der Waals surface area contributed by atoms with E-state index in [1.165, 1.54) is 18.2 Å². The highest BCUT2D eigenvalue weighted by molar-refractivity contribution is 6.00. The van der Waals surface area contributed by atoms with Gasteiger partial charge in [0.1, 0.15) is 11.4 Å². The molecule has 1 unspecified atom stereocenters. The quantitative estimate of drug-likeness (QED) is 0.778. The maximum atomic E-state index is 13.1. The fraction of sp³-hybridized carbons (Fsp3) is 0.231. The highest BCUT2D eigenvalue weighted by Gasteiger charge is 2.24. The maximum absolute atomic E-state index is 13.1. The zero-order chi connectivity index (χ0) is 14.9. The molecular weight excluding hydrogens is 269 g/mol. The molecule has 0 aliphatic rings. The SMILES string of the molecule is Cc1c(C(=O)NC(CO)C(=O)O)oc2ccc(F)cc12. The summed E-state index contributed by atoms with van der Waals surface area (Å²) < 4.78 is 18.4. The van der Waals surface area contributed by atoms with Gasteiger partial charge < -0.3 is 19.9 Å². The largest absolute Gasteiger partial charge is 0.480 e. The van der Waals surface area contributed by atoms with Crippen LogP contribution in [0.2, 0.25) is 0 Å². The van der Waals surface area contributed by atoms with Crippen LogP contribution < -0.4 is 5.32 Å². The summed E-state index contributed by atoms with van der Waals surface area (Å²) in [4.78, 5) is 22.7. The van der Waals surface area contributed by atoms with E-state index in [1.54, 1.807) is 6.92 Å². The van der Waals surface area contributed by atoms with Gasteiger partial charge in [-0.25, -0.2) is 9.18 Å². The molecule has 0 spiro atoms. The molecular formula is C13H12FNO5. The Bertz CT molecular complexity index is 679. The highest BCUT2D eigenvalue weighted by atomic mass is 19.1. The number of rotatable bonds is 4. The van der Waals surface area contributed by atoms with Crippen molar-refractivity contribution in [3.63, 3.8) is 0 Å². The molecule has 0 fully saturated rings. The van der Waals surface area contributed by atoms with Gasteiger partial charge in [-0.3, -0.25) is 4.79 Å². The van der Waals surface area contributed by atoms with Crippen molar-refractivity contribution in [2.45, 2.75) is 13.0 Å². The van der Waals surface area contributed by atoms with Gasteiger partial charge in [-0.15, -0.1) is 0 Å². The average molecular weight is 281 g/mol. The summed E-state index contributed by atoms with van der Waals surface area (Å²) in [7, 11) is 0. The molecule has 3 N–H and O–H groups in total. The molecule has 106 valence electrons. The standard InChI is InChI=1S/C13H12FNO5/c1-6-8-4-7(14)2-3-10(8)20-11(6)12(17)15-9(5-16)13(18)19/h2-4,9,16H,5H2,1H3,(H,15,17)(H,18,19). The fourth-order valence-electron chi connectivity index (χ4n) is 1.82. The Kier molecular flexibility index (Phi) is 3.71. The van der Waals surface area contributed by atoms with Crippen molar-refractivity contribution in [2.75, 3.05) is 6.61 Å². The Morgan fingerprint density at radius 1 is 1.45 bits per heavy atom. The summed E-state index contributed by atoms with van der Waals surface area (Å²) in [5.74, 6) is -2.71. The minimum absolute atomic E-state index is 0.106. The van der Waals surface area contributed by atoms with Crippen LogP contribution >= 0.6 is 0 Å². The number of aliphatic hydroxyl groups is 1. The number of furan rings is 1. The summed E-state index contributed by atoms with van der Waals surface area (Å²) in [5.41, 5.74) is 0.726. The molecule has 0 aliphatic carbocycles. The van der Waals surface area contributed by atoms with Crippen LogP contribution in [-0.4, -0.2) is 34.7 Å². The molecule has 1 heterocycles. The number of aliphatic hydroxyl groups excluding tert-OH is 1. The Morgan fingerprint density at radius 3 is 2.75 bits per heavy atom. The number of carboxylic acid groups (broad SMARTS) is 1. The van der Waals surface area contributed by atoms with Gasteiger partial charge in [0, 0.05) is 10.9 Å². The second kappa shape index (κ2) is 5.30. The predicted molar refractivity (Wildman–Crippen MR) is 66.9 cm³/mol. The maximum Gasteiger partial charge on any atom is 0.328 e. The molecule has 7 heteroatoms. The molecule has 20 heavy (non-hydrogen) atoms. The Morgan fingerprint density at radius 2 is 2.15 bits per heavy atom. The van der Waals surface area contributed by atoms with Crippen LogP contribution in [-0.2, 0) is 4.79 Å². The lowest BCUT2D eigenvalue weighted by Gasteiger charge is -2.10. The second-order valence-electron chi connectivity index (χ2n) is 4.24. The van der Waals surface area contributed by atoms with Crippen LogP contribution in [0.5, 0.6) is 0 Å². The number of fused-ring (bicyclic) bond motifs is 1. The third kappa shape index (κ3) is 2.48. The monoisotopic (exact) mass is 281 g/mol. The van der Waals surface area contributed by atoms with E-state index >= 15 is 0 Å². The molecule has 0 saturated heterocycles. The summed E-state index contributed by atoms with van der Waals surface area (Å²) in [6.07, 6.45) is 0. The smallest absolute Gasteiger partial charge is 0.328 e. The van der Waals surface area contributed by atoms with Crippen LogP contribution in [0.15, 0.2) is 22.6 Å². The Labute approximate surface area is 112 Å². The van der Waals surface area contributed by atoms with Crippen LogP contribution in [0.25, 0.3) is 11.0 Å². The number of carbonyl (C=O) groups is 2. The van der Waals surface area contributed by atoms with E-state index in [0.717, 1.165) is 0 Å². The van der Waals surface area contributed by atoms with Crippen LogP contribution in [0.1, 0.15) is 16.1 Å². The third-order valence-electron chi connectivity index (χ3n) is 2.89. The van der Waals surface area contributed by atoms with Gasteiger partial charge in [0.25, 0.3) is 5.91 Å². The predicted octanol–water partition coefficient (Wildman–Crippen LogP) is 1.06. The summed E-state index contributed by atoms with van der Waals surface area (Å²) in [6.45, 7) is 0.823. The minimum atomic E-state index is -1.42. The average Bonchev–Trinajstić information content (AvgIpc) is 2.73. The number of nitrogens with one attached hydrogen (secondary N) is 1. The first kappa shape index (κ1) is 14.0. The van der Waals surface area contributed by atoms with E-state index in [1.807, 2.05) is 0 Å². The van der Waals surface area contributed by atoms with Crippen molar-refractivity contribution in [1.29, 1.82) is 0 Å². The van der Waals surface area contributed by atoms with E-state index in [4.69, 9.17) is 14.6 Å². The van der Waals surface area contributed by atoms with E-state index in [9.17, 15) is 14.0 Å². The van der Waals surface area contributed by atoms with Crippen molar-refractivity contribution in [2.24, 2.45) is 0 Å². The number of carboxylic acids is 1. The molecule has 1 amide bonds.